The van der Waals surface area contributed by atoms with Crippen molar-refractivity contribution in [2.75, 3.05) is 19.0 Å². The number of halogens is 1. The second-order valence-corrected chi connectivity index (χ2v) is 6.80. The zero-order valence-corrected chi connectivity index (χ0v) is 16.4. The first-order chi connectivity index (χ1) is 12.6. The fourth-order valence-corrected chi connectivity index (χ4v) is 3.25. The van der Waals surface area contributed by atoms with Crippen molar-refractivity contribution in [1.29, 1.82) is 0 Å². The third-order valence-electron chi connectivity index (χ3n) is 4.15. The van der Waals surface area contributed by atoms with Crippen molar-refractivity contribution in [1.82, 2.24) is 20.2 Å². The molecule has 0 aliphatic carbocycles. The summed E-state index contributed by atoms with van der Waals surface area (Å²) >= 11 is 3.48. The number of hydrogen-bond donors (Lipinski definition) is 1. The summed E-state index contributed by atoms with van der Waals surface area (Å²) in [5.41, 5.74) is 1.87. The SMILES string of the molecule is CCCCOC(=O)C1=C(C)Nc2nnnn2C1c1cc(Br)ccc1OC. The zero-order valence-electron chi connectivity index (χ0n) is 14.8. The smallest absolute Gasteiger partial charge is 0.338 e. The average Bonchev–Trinajstić information content (AvgIpc) is 3.08. The Bertz CT molecular complexity index is 849. The zero-order chi connectivity index (χ0) is 18.7. The molecule has 3 rings (SSSR count). The van der Waals surface area contributed by atoms with Gasteiger partial charge >= 0.3 is 5.97 Å². The Morgan fingerprint density at radius 3 is 2.96 bits per heavy atom. The number of ether oxygens (including phenoxy) is 2. The van der Waals surface area contributed by atoms with Gasteiger partial charge in [0.15, 0.2) is 0 Å². The molecule has 0 saturated carbocycles. The Balaban J connectivity index is 2.09. The number of allylic oxidation sites excluding steroid dienone is 1. The Morgan fingerprint density at radius 1 is 1.42 bits per heavy atom. The van der Waals surface area contributed by atoms with Crippen LogP contribution in [0.1, 0.15) is 38.3 Å². The van der Waals surface area contributed by atoms with E-state index in [9.17, 15) is 4.79 Å². The Morgan fingerprint density at radius 2 is 2.23 bits per heavy atom. The molecule has 138 valence electrons. The minimum Gasteiger partial charge on any atom is -0.496 e. The van der Waals surface area contributed by atoms with Crippen LogP contribution in [0.4, 0.5) is 5.95 Å². The Labute approximate surface area is 159 Å². The summed E-state index contributed by atoms with van der Waals surface area (Å²) in [4.78, 5) is 12.8. The molecule has 1 unspecified atom stereocenters. The number of rotatable bonds is 6. The van der Waals surface area contributed by atoms with Crippen molar-refractivity contribution >= 4 is 27.8 Å². The van der Waals surface area contributed by atoms with E-state index in [1.54, 1.807) is 11.8 Å². The van der Waals surface area contributed by atoms with Gasteiger partial charge in [0.05, 0.1) is 19.3 Å². The lowest BCUT2D eigenvalue weighted by molar-refractivity contribution is -0.139. The van der Waals surface area contributed by atoms with Crippen molar-refractivity contribution < 1.29 is 14.3 Å². The fourth-order valence-electron chi connectivity index (χ4n) is 2.87. The normalized spacial score (nSPS) is 16.1. The number of anilines is 1. The maximum atomic E-state index is 12.8. The molecule has 1 aliphatic rings. The van der Waals surface area contributed by atoms with E-state index >= 15 is 0 Å². The van der Waals surface area contributed by atoms with Gasteiger partial charge in [0.25, 0.3) is 0 Å². The number of benzene rings is 1. The molecule has 1 aliphatic heterocycles. The Hall–Kier alpha value is -2.42. The van der Waals surface area contributed by atoms with Crippen molar-refractivity contribution in [3.8, 4) is 5.75 Å². The number of methoxy groups -OCH3 is 1. The molecule has 26 heavy (non-hydrogen) atoms. The summed E-state index contributed by atoms with van der Waals surface area (Å²) in [5, 5.41) is 14.8. The molecule has 1 N–H and O–H groups in total. The topological polar surface area (TPSA) is 91.2 Å². The maximum Gasteiger partial charge on any atom is 0.338 e. The maximum absolute atomic E-state index is 12.8. The summed E-state index contributed by atoms with van der Waals surface area (Å²) in [6.45, 7) is 4.23. The fraction of sp³-hybridized carbons (Fsp3) is 0.412. The summed E-state index contributed by atoms with van der Waals surface area (Å²) < 4.78 is 13.4. The number of carbonyl (C=O) groups excluding carboxylic acids is 1. The average molecular weight is 422 g/mol. The summed E-state index contributed by atoms with van der Waals surface area (Å²) in [7, 11) is 1.59. The van der Waals surface area contributed by atoms with E-state index in [2.05, 4.69) is 36.8 Å². The summed E-state index contributed by atoms with van der Waals surface area (Å²) in [6, 6.07) is 5.05. The second kappa shape index (κ2) is 7.86. The second-order valence-electron chi connectivity index (χ2n) is 5.89. The minimum atomic E-state index is -0.553. The number of unbranched alkanes of at least 4 members (excludes halogenated alkanes) is 1. The molecule has 2 heterocycles. The van der Waals surface area contributed by atoms with Crippen LogP contribution in [0.3, 0.4) is 0 Å². The Kier molecular flexibility index (Phi) is 5.55. The van der Waals surface area contributed by atoms with Gasteiger partial charge in [0, 0.05) is 15.7 Å². The van der Waals surface area contributed by atoms with E-state index in [4.69, 9.17) is 9.47 Å². The number of nitrogens with zero attached hydrogens (tertiary/aromatic N) is 4. The van der Waals surface area contributed by atoms with E-state index in [-0.39, 0.29) is 0 Å². The molecule has 1 aromatic heterocycles. The highest BCUT2D eigenvalue weighted by molar-refractivity contribution is 9.10. The van der Waals surface area contributed by atoms with Crippen molar-refractivity contribution in [2.45, 2.75) is 32.7 Å². The predicted molar refractivity (Wildman–Crippen MR) is 98.8 cm³/mol. The van der Waals surface area contributed by atoms with E-state index in [0.29, 0.717) is 29.6 Å². The highest BCUT2D eigenvalue weighted by Gasteiger charge is 2.36. The molecule has 1 atom stereocenters. The number of nitrogens with one attached hydrogen (secondary N) is 1. The van der Waals surface area contributed by atoms with Gasteiger partial charge in [0.2, 0.25) is 5.95 Å². The third-order valence-corrected chi connectivity index (χ3v) is 4.64. The molecular formula is C17H20BrN5O3. The number of esters is 1. The van der Waals surface area contributed by atoms with Gasteiger partial charge in [0.1, 0.15) is 11.8 Å². The van der Waals surface area contributed by atoms with E-state index < -0.39 is 12.0 Å². The highest BCUT2D eigenvalue weighted by Crippen LogP contribution is 2.40. The van der Waals surface area contributed by atoms with Gasteiger partial charge in [-0.2, -0.15) is 4.68 Å². The monoisotopic (exact) mass is 421 g/mol. The predicted octanol–water partition coefficient (Wildman–Crippen LogP) is 3.08. The van der Waals surface area contributed by atoms with Crippen LogP contribution < -0.4 is 10.1 Å². The van der Waals surface area contributed by atoms with Gasteiger partial charge in [-0.3, -0.25) is 0 Å². The van der Waals surface area contributed by atoms with Gasteiger partial charge < -0.3 is 14.8 Å². The molecule has 0 saturated heterocycles. The lowest BCUT2D eigenvalue weighted by Crippen LogP contribution is -2.30. The van der Waals surface area contributed by atoms with Gasteiger partial charge in [-0.15, -0.1) is 0 Å². The quantitative estimate of drug-likeness (QED) is 0.565. The van der Waals surface area contributed by atoms with Crippen molar-refractivity contribution in [2.24, 2.45) is 0 Å². The first kappa shape index (κ1) is 18.4. The molecule has 2 aromatic rings. The number of fused-ring (bicyclic) bond motifs is 1. The number of aromatic nitrogens is 4. The molecule has 0 radical (unpaired) electrons. The molecule has 0 amide bonds. The first-order valence-electron chi connectivity index (χ1n) is 8.33. The lowest BCUT2D eigenvalue weighted by atomic mass is 9.95. The minimum absolute atomic E-state index is 0.372. The van der Waals surface area contributed by atoms with Crippen LogP contribution in [-0.2, 0) is 9.53 Å². The molecule has 8 nitrogen and oxygen atoms in total. The van der Waals surface area contributed by atoms with E-state index in [1.165, 1.54) is 0 Å². The lowest BCUT2D eigenvalue weighted by Gasteiger charge is -2.28. The molecule has 0 fully saturated rings. The standard InChI is InChI=1S/C17H20BrN5O3/c1-4-5-8-26-16(24)14-10(2)19-17-20-21-22-23(17)15(14)12-9-11(18)6-7-13(12)25-3/h6-7,9,15H,4-5,8H2,1-3H3,(H,19,20,22). The highest BCUT2D eigenvalue weighted by atomic mass is 79.9. The molecule has 0 bridgehead atoms. The summed E-state index contributed by atoms with van der Waals surface area (Å²) in [5.74, 6) is 0.699. The van der Waals surface area contributed by atoms with Gasteiger partial charge in [-0.25, -0.2) is 4.79 Å². The van der Waals surface area contributed by atoms with Crippen LogP contribution in [-0.4, -0.2) is 39.9 Å². The van der Waals surface area contributed by atoms with Crippen LogP contribution in [0.15, 0.2) is 33.9 Å². The van der Waals surface area contributed by atoms with Crippen molar-refractivity contribution in [3.63, 3.8) is 0 Å². The van der Waals surface area contributed by atoms with E-state index in [1.807, 2.05) is 32.0 Å². The number of hydrogen-bond acceptors (Lipinski definition) is 7. The molecule has 0 spiro atoms. The van der Waals surface area contributed by atoms with Gasteiger partial charge in [-0.05, 0) is 42.0 Å². The number of tetrazole rings is 1. The number of carbonyl (C=O) groups is 1. The van der Waals surface area contributed by atoms with Crippen LogP contribution in [0.5, 0.6) is 5.75 Å². The molecular weight excluding hydrogens is 402 g/mol. The van der Waals surface area contributed by atoms with E-state index in [0.717, 1.165) is 22.9 Å². The van der Waals surface area contributed by atoms with Crippen LogP contribution in [0.2, 0.25) is 0 Å². The van der Waals surface area contributed by atoms with Crippen LogP contribution in [0, 0.1) is 0 Å². The van der Waals surface area contributed by atoms with Crippen LogP contribution >= 0.6 is 15.9 Å². The largest absolute Gasteiger partial charge is 0.496 e. The third kappa shape index (κ3) is 3.44. The summed E-state index contributed by atoms with van der Waals surface area (Å²) in [6.07, 6.45) is 1.76. The first-order valence-corrected chi connectivity index (χ1v) is 9.12. The molecule has 1 aromatic carbocycles. The van der Waals surface area contributed by atoms with Gasteiger partial charge in [-0.1, -0.05) is 34.4 Å². The van der Waals surface area contributed by atoms with Crippen LogP contribution in [0.25, 0.3) is 0 Å². The molecule has 9 heteroatoms. The van der Waals surface area contributed by atoms with Crippen molar-refractivity contribution in [3.05, 3.63) is 39.5 Å².